The van der Waals surface area contributed by atoms with Crippen molar-refractivity contribution in [3.05, 3.63) is 29.8 Å². The third-order valence-electron chi connectivity index (χ3n) is 4.65. The van der Waals surface area contributed by atoms with Gasteiger partial charge in [0.15, 0.2) is 0 Å². The van der Waals surface area contributed by atoms with Crippen molar-refractivity contribution in [3.63, 3.8) is 0 Å². The summed E-state index contributed by atoms with van der Waals surface area (Å²) in [5, 5.41) is 3.01. The summed E-state index contributed by atoms with van der Waals surface area (Å²) >= 11 is 0. The van der Waals surface area contributed by atoms with Gasteiger partial charge >= 0.3 is 0 Å². The zero-order chi connectivity index (χ0) is 16.7. The van der Waals surface area contributed by atoms with E-state index >= 15 is 0 Å². The van der Waals surface area contributed by atoms with Crippen LogP contribution >= 0.6 is 0 Å². The Morgan fingerprint density at radius 2 is 1.87 bits per heavy atom. The first-order valence-electron chi connectivity index (χ1n) is 8.77. The van der Waals surface area contributed by atoms with Crippen LogP contribution in [0.4, 0.5) is 5.69 Å². The van der Waals surface area contributed by atoms with Crippen LogP contribution in [0.15, 0.2) is 24.3 Å². The molecule has 2 amide bonds. The number of carbonyl (C=O) groups excluding carboxylic acids is 2. The number of nitrogens with zero attached hydrogens (tertiary/aromatic N) is 1. The molecule has 1 N–H and O–H groups in total. The number of rotatable bonds is 6. The average molecular weight is 316 g/mol. The molecule has 1 saturated carbocycles. The number of nitrogens with one attached hydrogen (secondary N) is 1. The van der Waals surface area contributed by atoms with E-state index < -0.39 is 0 Å². The van der Waals surface area contributed by atoms with E-state index in [1.165, 1.54) is 6.42 Å². The third kappa shape index (κ3) is 4.81. The van der Waals surface area contributed by atoms with Crippen molar-refractivity contribution in [2.75, 3.05) is 18.0 Å². The zero-order valence-corrected chi connectivity index (χ0v) is 14.3. The monoisotopic (exact) mass is 316 g/mol. The second-order valence-electron chi connectivity index (χ2n) is 6.28. The molecular formula is C19H28N2O2. The molecule has 4 heteroatoms. The Labute approximate surface area is 139 Å². The number of benzene rings is 1. The van der Waals surface area contributed by atoms with E-state index in [2.05, 4.69) is 12.2 Å². The number of para-hydroxylation sites is 1. The molecule has 126 valence electrons. The molecule has 0 aliphatic heterocycles. The summed E-state index contributed by atoms with van der Waals surface area (Å²) in [6.07, 6.45) is 6.44. The van der Waals surface area contributed by atoms with Crippen LogP contribution in [0.5, 0.6) is 0 Å². The number of hydrogen-bond donors (Lipinski definition) is 1. The molecule has 1 aromatic rings. The van der Waals surface area contributed by atoms with Crippen molar-refractivity contribution < 1.29 is 9.59 Å². The summed E-state index contributed by atoms with van der Waals surface area (Å²) in [5.41, 5.74) is 2.11. The highest BCUT2D eigenvalue weighted by atomic mass is 16.2. The summed E-state index contributed by atoms with van der Waals surface area (Å²) in [4.78, 5) is 26.0. The van der Waals surface area contributed by atoms with Crippen LogP contribution in [0.1, 0.15) is 51.5 Å². The van der Waals surface area contributed by atoms with Gasteiger partial charge in [0.2, 0.25) is 11.8 Å². The Balaban J connectivity index is 1.92. The largest absolute Gasteiger partial charge is 0.354 e. The van der Waals surface area contributed by atoms with E-state index in [0.29, 0.717) is 13.1 Å². The van der Waals surface area contributed by atoms with Gasteiger partial charge in [0.1, 0.15) is 0 Å². The molecule has 1 aliphatic carbocycles. The maximum absolute atomic E-state index is 12.2. The number of amides is 2. The van der Waals surface area contributed by atoms with Crippen molar-refractivity contribution in [2.24, 2.45) is 5.92 Å². The number of aryl methyl sites for hydroxylation is 1. The Bertz CT molecular complexity index is 536. The molecule has 1 aliphatic rings. The number of hydrogen-bond acceptors (Lipinski definition) is 2. The van der Waals surface area contributed by atoms with Gasteiger partial charge in [-0.25, -0.2) is 0 Å². The first-order valence-corrected chi connectivity index (χ1v) is 8.77. The van der Waals surface area contributed by atoms with Crippen LogP contribution in [0.2, 0.25) is 0 Å². The van der Waals surface area contributed by atoms with Gasteiger partial charge in [0, 0.05) is 31.6 Å². The Morgan fingerprint density at radius 1 is 1.17 bits per heavy atom. The third-order valence-corrected chi connectivity index (χ3v) is 4.65. The Hall–Kier alpha value is -1.84. The molecule has 1 aromatic carbocycles. The van der Waals surface area contributed by atoms with Crippen LogP contribution in [-0.4, -0.2) is 24.9 Å². The fourth-order valence-corrected chi connectivity index (χ4v) is 3.32. The van der Waals surface area contributed by atoms with Crippen LogP contribution in [-0.2, 0) is 16.0 Å². The summed E-state index contributed by atoms with van der Waals surface area (Å²) < 4.78 is 0. The topological polar surface area (TPSA) is 49.4 Å². The minimum absolute atomic E-state index is 0.0119. The molecule has 4 nitrogen and oxygen atoms in total. The Kier molecular flexibility index (Phi) is 6.63. The molecule has 0 bridgehead atoms. The van der Waals surface area contributed by atoms with Gasteiger partial charge in [0.25, 0.3) is 0 Å². The molecule has 0 radical (unpaired) electrons. The van der Waals surface area contributed by atoms with Crippen LogP contribution in [0, 0.1) is 5.92 Å². The van der Waals surface area contributed by atoms with Crippen LogP contribution in [0.25, 0.3) is 0 Å². The molecule has 0 atom stereocenters. The van der Waals surface area contributed by atoms with E-state index in [-0.39, 0.29) is 17.7 Å². The average Bonchev–Trinajstić information content (AvgIpc) is 2.59. The van der Waals surface area contributed by atoms with Crippen molar-refractivity contribution in [3.8, 4) is 0 Å². The SMILES string of the molecule is CCc1ccccc1N(CCNC(=O)C1CCCCC1)C(C)=O. The van der Waals surface area contributed by atoms with Gasteiger partial charge in [0.05, 0.1) is 0 Å². The first kappa shape index (κ1) is 17.5. The molecule has 0 aromatic heterocycles. The molecule has 1 fully saturated rings. The quantitative estimate of drug-likeness (QED) is 0.875. The van der Waals surface area contributed by atoms with E-state index in [0.717, 1.165) is 43.4 Å². The van der Waals surface area contributed by atoms with E-state index in [1.807, 2.05) is 24.3 Å². The maximum atomic E-state index is 12.2. The highest BCUT2D eigenvalue weighted by Crippen LogP contribution is 2.24. The predicted octanol–water partition coefficient (Wildman–Crippen LogP) is 3.30. The molecule has 0 heterocycles. The van der Waals surface area contributed by atoms with Crippen molar-refractivity contribution >= 4 is 17.5 Å². The molecule has 0 saturated heterocycles. The first-order chi connectivity index (χ1) is 11.1. The lowest BCUT2D eigenvalue weighted by molar-refractivity contribution is -0.126. The lowest BCUT2D eigenvalue weighted by atomic mass is 9.89. The van der Waals surface area contributed by atoms with Crippen molar-refractivity contribution in [2.45, 2.75) is 52.4 Å². The zero-order valence-electron chi connectivity index (χ0n) is 14.3. The fraction of sp³-hybridized carbons (Fsp3) is 0.579. The molecular weight excluding hydrogens is 288 g/mol. The molecule has 23 heavy (non-hydrogen) atoms. The lowest BCUT2D eigenvalue weighted by Crippen LogP contribution is -2.40. The normalized spacial score (nSPS) is 15.2. The van der Waals surface area contributed by atoms with Gasteiger partial charge in [-0.2, -0.15) is 0 Å². The minimum atomic E-state index is 0.0119. The fourth-order valence-electron chi connectivity index (χ4n) is 3.32. The summed E-state index contributed by atoms with van der Waals surface area (Å²) in [6.45, 7) is 4.69. The van der Waals surface area contributed by atoms with Crippen LogP contribution in [0.3, 0.4) is 0 Å². The van der Waals surface area contributed by atoms with Gasteiger partial charge in [-0.15, -0.1) is 0 Å². The van der Waals surface area contributed by atoms with Gasteiger partial charge in [-0.05, 0) is 30.9 Å². The standard InChI is InChI=1S/C19H28N2O2/c1-3-16-9-7-8-12-18(16)21(15(2)22)14-13-20-19(23)17-10-5-4-6-11-17/h7-9,12,17H,3-6,10-11,13-14H2,1-2H3,(H,20,23). The molecule has 0 unspecified atom stereocenters. The molecule has 2 rings (SSSR count). The van der Waals surface area contributed by atoms with Gasteiger partial charge in [-0.1, -0.05) is 44.4 Å². The second kappa shape index (κ2) is 8.70. The smallest absolute Gasteiger partial charge is 0.223 e. The van der Waals surface area contributed by atoms with E-state index in [4.69, 9.17) is 0 Å². The number of carbonyl (C=O) groups is 2. The summed E-state index contributed by atoms with van der Waals surface area (Å²) in [6, 6.07) is 7.96. The van der Waals surface area contributed by atoms with Crippen molar-refractivity contribution in [1.82, 2.24) is 5.32 Å². The van der Waals surface area contributed by atoms with Gasteiger partial charge in [-0.3, -0.25) is 9.59 Å². The number of anilines is 1. The predicted molar refractivity (Wildman–Crippen MR) is 93.4 cm³/mol. The summed E-state index contributed by atoms with van der Waals surface area (Å²) in [7, 11) is 0. The second-order valence-corrected chi connectivity index (χ2v) is 6.28. The molecule has 0 spiro atoms. The summed E-state index contributed by atoms with van der Waals surface area (Å²) in [5.74, 6) is 0.326. The minimum Gasteiger partial charge on any atom is -0.354 e. The highest BCUT2D eigenvalue weighted by molar-refractivity contribution is 5.92. The highest BCUT2D eigenvalue weighted by Gasteiger charge is 2.21. The van der Waals surface area contributed by atoms with Crippen molar-refractivity contribution in [1.29, 1.82) is 0 Å². The Morgan fingerprint density at radius 3 is 2.52 bits per heavy atom. The van der Waals surface area contributed by atoms with Crippen LogP contribution < -0.4 is 10.2 Å². The van der Waals surface area contributed by atoms with E-state index in [1.54, 1.807) is 11.8 Å². The van der Waals surface area contributed by atoms with Gasteiger partial charge < -0.3 is 10.2 Å². The lowest BCUT2D eigenvalue weighted by Gasteiger charge is -2.25. The van der Waals surface area contributed by atoms with E-state index in [9.17, 15) is 9.59 Å². The maximum Gasteiger partial charge on any atom is 0.223 e.